The van der Waals surface area contributed by atoms with Gasteiger partial charge in [-0.3, -0.25) is 9.59 Å². The number of carbonyl (C=O) groups is 2. The van der Waals surface area contributed by atoms with Gasteiger partial charge in [-0.1, -0.05) is 0 Å². The van der Waals surface area contributed by atoms with Gasteiger partial charge in [-0.15, -0.1) is 0 Å². The minimum absolute atomic E-state index is 0.0339. The Morgan fingerprint density at radius 3 is 3.00 bits per heavy atom. The molecule has 0 fully saturated rings. The van der Waals surface area contributed by atoms with E-state index in [1.807, 2.05) is 0 Å². The SMILES string of the molecule is CC(=O)NB1CCC(=O)C=N1. The van der Waals surface area contributed by atoms with Gasteiger partial charge < -0.3 is 10.1 Å². The highest BCUT2D eigenvalue weighted by molar-refractivity contribution is 6.61. The highest BCUT2D eigenvalue weighted by Gasteiger charge is 2.19. The summed E-state index contributed by atoms with van der Waals surface area (Å²) in [6, 6.07) is 0. The third-order valence-corrected chi connectivity index (χ3v) is 1.43. The lowest BCUT2D eigenvalue weighted by molar-refractivity contribution is -0.117. The van der Waals surface area contributed by atoms with Crippen molar-refractivity contribution in [3.63, 3.8) is 0 Å². The topological polar surface area (TPSA) is 58.5 Å². The minimum atomic E-state index is -0.190. The van der Waals surface area contributed by atoms with Crippen LogP contribution in [0, 0.1) is 0 Å². The van der Waals surface area contributed by atoms with Crippen molar-refractivity contribution in [1.82, 2.24) is 5.23 Å². The maximum Gasteiger partial charge on any atom is 0.394 e. The lowest BCUT2D eigenvalue weighted by Crippen LogP contribution is -2.38. The second-order valence-corrected chi connectivity index (χ2v) is 2.50. The number of amides is 1. The molecule has 5 heteroatoms. The van der Waals surface area contributed by atoms with Crippen LogP contribution in [0.15, 0.2) is 4.90 Å². The molecule has 58 valence electrons. The molecule has 0 saturated carbocycles. The van der Waals surface area contributed by atoms with Crippen LogP contribution >= 0.6 is 0 Å². The van der Waals surface area contributed by atoms with Crippen molar-refractivity contribution in [2.45, 2.75) is 19.7 Å². The first-order chi connectivity index (χ1) is 5.18. The molecule has 1 aliphatic heterocycles. The van der Waals surface area contributed by atoms with Crippen LogP contribution in [-0.2, 0) is 9.59 Å². The van der Waals surface area contributed by atoms with Crippen LogP contribution in [0.4, 0.5) is 0 Å². The fraction of sp³-hybridized carbons (Fsp3) is 0.500. The van der Waals surface area contributed by atoms with E-state index in [4.69, 9.17) is 0 Å². The zero-order valence-corrected chi connectivity index (χ0v) is 6.33. The number of carbonyl (C=O) groups excluding carboxylic acids is 2. The molecule has 0 aromatic carbocycles. The Morgan fingerprint density at radius 2 is 2.55 bits per heavy atom. The highest BCUT2D eigenvalue weighted by Crippen LogP contribution is 2.01. The Labute approximate surface area is 65.2 Å². The Kier molecular flexibility index (Phi) is 2.41. The van der Waals surface area contributed by atoms with E-state index in [-0.39, 0.29) is 18.7 Å². The molecule has 0 atom stereocenters. The molecule has 1 aliphatic rings. The Morgan fingerprint density at radius 1 is 1.82 bits per heavy atom. The lowest BCUT2D eigenvalue weighted by Gasteiger charge is -2.10. The molecule has 0 radical (unpaired) electrons. The van der Waals surface area contributed by atoms with E-state index in [0.717, 1.165) is 0 Å². The van der Waals surface area contributed by atoms with Crippen LogP contribution < -0.4 is 5.23 Å². The van der Waals surface area contributed by atoms with E-state index in [0.29, 0.717) is 12.7 Å². The summed E-state index contributed by atoms with van der Waals surface area (Å²) >= 11 is 0. The Bertz CT molecular complexity index is 215. The molecule has 1 rings (SSSR count). The molecule has 0 unspecified atom stereocenters. The molecule has 0 spiro atoms. The Hall–Kier alpha value is -1.13. The first-order valence-corrected chi connectivity index (χ1v) is 3.51. The first-order valence-electron chi connectivity index (χ1n) is 3.51. The van der Waals surface area contributed by atoms with Crippen molar-refractivity contribution < 1.29 is 9.59 Å². The van der Waals surface area contributed by atoms with Crippen molar-refractivity contribution in [1.29, 1.82) is 0 Å². The molecular formula is C6H9BN2O2. The largest absolute Gasteiger partial charge is 0.394 e. The quantitative estimate of drug-likeness (QED) is 0.522. The average Bonchev–Trinajstić information content (AvgIpc) is 1.93. The zero-order chi connectivity index (χ0) is 8.27. The molecule has 0 aromatic heterocycles. The number of rotatable bonds is 1. The van der Waals surface area contributed by atoms with E-state index in [9.17, 15) is 9.59 Å². The maximum atomic E-state index is 10.6. The van der Waals surface area contributed by atoms with Gasteiger partial charge in [0.25, 0.3) is 0 Å². The molecule has 1 heterocycles. The monoisotopic (exact) mass is 152 g/mol. The van der Waals surface area contributed by atoms with Gasteiger partial charge in [0.15, 0.2) is 5.78 Å². The Balaban J connectivity index is 2.44. The maximum absolute atomic E-state index is 10.6. The summed E-state index contributed by atoms with van der Waals surface area (Å²) in [5.74, 6) is -0.0758. The van der Waals surface area contributed by atoms with E-state index >= 15 is 0 Å². The summed E-state index contributed by atoms with van der Waals surface area (Å²) in [6.07, 6.45) is 2.38. The molecule has 11 heavy (non-hydrogen) atoms. The normalized spacial score (nSPS) is 16.8. The summed E-state index contributed by atoms with van der Waals surface area (Å²) in [6.45, 7) is 1.25. The molecular weight excluding hydrogens is 143 g/mol. The smallest absolute Gasteiger partial charge is 0.379 e. The number of hydrogen-bond acceptors (Lipinski definition) is 3. The minimum Gasteiger partial charge on any atom is -0.379 e. The molecule has 0 aliphatic carbocycles. The predicted octanol–water partition coefficient (Wildman–Crippen LogP) is -0.346. The second-order valence-electron chi connectivity index (χ2n) is 2.50. The van der Waals surface area contributed by atoms with Gasteiger partial charge in [0, 0.05) is 13.3 Å². The summed E-state index contributed by atoms with van der Waals surface area (Å²) in [5.41, 5.74) is 0. The van der Waals surface area contributed by atoms with Crippen molar-refractivity contribution >= 4 is 24.9 Å². The summed E-state index contributed by atoms with van der Waals surface area (Å²) < 4.78 is 0. The molecule has 0 bridgehead atoms. The number of ketones is 1. The summed E-state index contributed by atoms with van der Waals surface area (Å²) in [7, 11) is 0. The standard InChI is InChI=1S/C6H9BN2O2/c1-5(10)9-7-3-2-6(11)4-8-7/h4H,2-3H2,1H3,(H,9,10). The van der Waals surface area contributed by atoms with Crippen molar-refractivity contribution in [3.8, 4) is 0 Å². The van der Waals surface area contributed by atoms with Gasteiger partial charge in [0.2, 0.25) is 5.91 Å². The summed E-state index contributed by atoms with van der Waals surface area (Å²) in [4.78, 5) is 25.0. The van der Waals surface area contributed by atoms with Crippen LogP contribution in [0.25, 0.3) is 0 Å². The van der Waals surface area contributed by atoms with Crippen LogP contribution in [0.2, 0.25) is 6.32 Å². The van der Waals surface area contributed by atoms with Gasteiger partial charge >= 0.3 is 6.98 Å². The molecule has 1 amide bonds. The second kappa shape index (κ2) is 3.32. The third kappa shape index (κ3) is 2.53. The van der Waals surface area contributed by atoms with Crippen LogP contribution in [-0.4, -0.2) is 24.9 Å². The fourth-order valence-electron chi connectivity index (χ4n) is 0.935. The molecule has 1 N–H and O–H groups in total. The molecule has 0 aromatic rings. The van der Waals surface area contributed by atoms with Crippen LogP contribution in [0.1, 0.15) is 13.3 Å². The predicted molar refractivity (Wildman–Crippen MR) is 42.5 cm³/mol. The van der Waals surface area contributed by atoms with Crippen molar-refractivity contribution in [2.75, 3.05) is 0 Å². The van der Waals surface area contributed by atoms with E-state index < -0.39 is 0 Å². The van der Waals surface area contributed by atoms with Crippen LogP contribution in [0.5, 0.6) is 0 Å². The first kappa shape index (κ1) is 7.98. The third-order valence-electron chi connectivity index (χ3n) is 1.43. The average molecular weight is 152 g/mol. The van der Waals surface area contributed by atoms with Gasteiger partial charge in [0.1, 0.15) is 0 Å². The summed E-state index contributed by atoms with van der Waals surface area (Å²) in [5, 5.41) is 2.61. The number of nitrogens with zero attached hydrogens (tertiary/aromatic N) is 1. The number of nitrogens with one attached hydrogen (secondary N) is 1. The zero-order valence-electron chi connectivity index (χ0n) is 6.33. The van der Waals surface area contributed by atoms with Gasteiger partial charge in [0.05, 0.1) is 6.21 Å². The molecule has 0 saturated heterocycles. The van der Waals surface area contributed by atoms with Crippen molar-refractivity contribution in [3.05, 3.63) is 0 Å². The lowest BCUT2D eigenvalue weighted by atomic mass is 9.70. The van der Waals surface area contributed by atoms with Crippen molar-refractivity contribution in [2.24, 2.45) is 4.90 Å². The van der Waals surface area contributed by atoms with Gasteiger partial charge in [-0.2, -0.15) is 0 Å². The van der Waals surface area contributed by atoms with Gasteiger partial charge in [-0.05, 0) is 6.32 Å². The number of Topliss-reactive ketones (excluding diaryl/α,β-unsaturated/α-hetero) is 1. The van der Waals surface area contributed by atoms with E-state index in [1.165, 1.54) is 13.1 Å². The van der Waals surface area contributed by atoms with E-state index in [1.54, 1.807) is 0 Å². The van der Waals surface area contributed by atoms with Crippen LogP contribution in [0.3, 0.4) is 0 Å². The van der Waals surface area contributed by atoms with Gasteiger partial charge in [-0.25, -0.2) is 0 Å². The highest BCUT2D eigenvalue weighted by atomic mass is 16.1. The molecule has 4 nitrogen and oxygen atoms in total. The number of hydrogen-bond donors (Lipinski definition) is 1. The van der Waals surface area contributed by atoms with E-state index in [2.05, 4.69) is 10.1 Å². The fourth-order valence-corrected chi connectivity index (χ4v) is 0.935.